The fourth-order valence-corrected chi connectivity index (χ4v) is 4.00. The van der Waals surface area contributed by atoms with Crippen LogP contribution in [0, 0.1) is 6.92 Å². The molecule has 7 heteroatoms. The zero-order chi connectivity index (χ0) is 22.5. The Labute approximate surface area is 195 Å². The first-order valence-corrected chi connectivity index (χ1v) is 11.3. The van der Waals surface area contributed by atoms with E-state index in [4.69, 9.17) is 4.74 Å². The van der Waals surface area contributed by atoms with Crippen LogP contribution in [0.1, 0.15) is 39.1 Å². The second-order valence-corrected chi connectivity index (χ2v) is 8.68. The number of likely N-dealkylation sites (tertiary alicyclic amines) is 1. The fourth-order valence-electron chi connectivity index (χ4n) is 3.74. The Balaban J connectivity index is 1.38. The molecule has 1 N–H and O–H groups in total. The van der Waals surface area contributed by atoms with Gasteiger partial charge in [-0.2, -0.15) is 0 Å². The average Bonchev–Trinajstić information content (AvgIpc) is 2.81. The lowest BCUT2D eigenvalue weighted by Gasteiger charge is -2.32. The summed E-state index contributed by atoms with van der Waals surface area (Å²) >= 11 is 3.40. The van der Waals surface area contributed by atoms with Crippen LogP contribution >= 0.6 is 15.9 Å². The molecule has 4 rings (SSSR count). The van der Waals surface area contributed by atoms with Gasteiger partial charge in [0.15, 0.2) is 0 Å². The molecule has 0 bridgehead atoms. The van der Waals surface area contributed by atoms with Crippen molar-refractivity contribution in [2.75, 3.05) is 13.1 Å². The molecule has 0 aliphatic carbocycles. The monoisotopic (exact) mass is 493 g/mol. The van der Waals surface area contributed by atoms with Crippen LogP contribution in [0.2, 0.25) is 0 Å². The molecule has 1 fully saturated rings. The van der Waals surface area contributed by atoms with Gasteiger partial charge in [-0.1, -0.05) is 34.1 Å². The number of nitrogens with one attached hydrogen (secondary N) is 1. The van der Waals surface area contributed by atoms with E-state index >= 15 is 0 Å². The van der Waals surface area contributed by atoms with E-state index in [1.165, 1.54) is 0 Å². The van der Waals surface area contributed by atoms with Crippen molar-refractivity contribution < 1.29 is 14.3 Å². The fraction of sp³-hybridized carbons (Fsp3) is 0.240. The molecule has 3 aromatic rings. The van der Waals surface area contributed by atoms with E-state index in [0.717, 1.165) is 10.0 Å². The number of hydrogen-bond acceptors (Lipinski definition) is 4. The first-order valence-electron chi connectivity index (χ1n) is 10.6. The third kappa shape index (κ3) is 5.16. The molecule has 0 saturated carbocycles. The molecule has 2 amide bonds. The van der Waals surface area contributed by atoms with Crippen molar-refractivity contribution in [3.05, 3.63) is 88.0 Å². The highest BCUT2D eigenvalue weighted by Gasteiger charge is 2.27. The van der Waals surface area contributed by atoms with Crippen LogP contribution in [-0.4, -0.2) is 40.8 Å². The van der Waals surface area contributed by atoms with Crippen molar-refractivity contribution in [1.82, 2.24) is 15.2 Å². The van der Waals surface area contributed by atoms with Gasteiger partial charge in [0, 0.05) is 35.4 Å². The number of carbonyl (C=O) groups is 2. The molecule has 1 saturated heterocycles. The smallest absolute Gasteiger partial charge is 0.259 e. The average molecular weight is 494 g/mol. The molecule has 0 spiro atoms. The highest BCUT2D eigenvalue weighted by molar-refractivity contribution is 9.10. The van der Waals surface area contributed by atoms with Gasteiger partial charge in [0.1, 0.15) is 11.3 Å². The molecule has 1 aromatic heterocycles. The van der Waals surface area contributed by atoms with Gasteiger partial charge in [0.05, 0.1) is 0 Å². The summed E-state index contributed by atoms with van der Waals surface area (Å²) in [6.45, 7) is 3.05. The third-order valence-corrected chi connectivity index (χ3v) is 6.07. The second kappa shape index (κ2) is 9.96. The summed E-state index contributed by atoms with van der Waals surface area (Å²) < 4.78 is 6.82. The zero-order valence-corrected chi connectivity index (χ0v) is 19.3. The van der Waals surface area contributed by atoms with Gasteiger partial charge in [0.25, 0.3) is 11.8 Å². The van der Waals surface area contributed by atoms with Crippen molar-refractivity contribution in [2.24, 2.45) is 0 Å². The standard InChI is InChI=1S/C25H24BrN3O3/c1-17-5-2-3-6-21(17)23(30)28-19-12-15-29(16-13-19)25(31)22-7-4-14-27-24(22)32-20-10-8-18(26)9-11-20/h2-11,14,19H,12-13,15-16H2,1H3,(H,28,30). The number of ether oxygens (including phenoxy) is 1. The highest BCUT2D eigenvalue weighted by atomic mass is 79.9. The van der Waals surface area contributed by atoms with Gasteiger partial charge >= 0.3 is 0 Å². The number of aryl methyl sites for hydroxylation is 1. The molecule has 2 heterocycles. The van der Waals surface area contributed by atoms with Gasteiger partial charge in [0.2, 0.25) is 5.88 Å². The first kappa shape index (κ1) is 22.0. The predicted molar refractivity (Wildman–Crippen MR) is 126 cm³/mol. The maximum atomic E-state index is 13.2. The molecule has 6 nitrogen and oxygen atoms in total. The molecular formula is C25H24BrN3O3. The lowest BCUT2D eigenvalue weighted by atomic mass is 10.0. The summed E-state index contributed by atoms with van der Waals surface area (Å²) in [5.74, 6) is 0.715. The number of piperidine rings is 1. The van der Waals surface area contributed by atoms with E-state index in [0.29, 0.717) is 42.8 Å². The van der Waals surface area contributed by atoms with Gasteiger partial charge < -0.3 is 15.0 Å². The van der Waals surface area contributed by atoms with Crippen LogP contribution in [-0.2, 0) is 0 Å². The molecule has 0 unspecified atom stereocenters. The van der Waals surface area contributed by atoms with E-state index in [1.54, 1.807) is 23.2 Å². The Morgan fingerprint density at radius 1 is 1.00 bits per heavy atom. The Hall–Kier alpha value is -3.19. The normalized spacial score (nSPS) is 14.1. The molecule has 1 aliphatic heterocycles. The maximum Gasteiger partial charge on any atom is 0.259 e. The SMILES string of the molecule is Cc1ccccc1C(=O)NC1CCN(C(=O)c2cccnc2Oc2ccc(Br)cc2)CC1. The Morgan fingerprint density at radius 3 is 2.41 bits per heavy atom. The van der Waals surface area contributed by atoms with Gasteiger partial charge in [-0.05, 0) is 67.8 Å². The summed E-state index contributed by atoms with van der Waals surface area (Å²) in [6.07, 6.45) is 3.01. The highest BCUT2D eigenvalue weighted by Crippen LogP contribution is 2.26. The number of amides is 2. The number of pyridine rings is 1. The summed E-state index contributed by atoms with van der Waals surface area (Å²) in [5, 5.41) is 3.11. The van der Waals surface area contributed by atoms with Crippen LogP contribution in [0.5, 0.6) is 11.6 Å². The molecular weight excluding hydrogens is 470 g/mol. The Morgan fingerprint density at radius 2 is 1.69 bits per heavy atom. The summed E-state index contributed by atoms with van der Waals surface area (Å²) in [4.78, 5) is 31.8. The number of rotatable bonds is 5. The Bertz CT molecular complexity index is 1110. The van der Waals surface area contributed by atoms with Crippen molar-refractivity contribution in [2.45, 2.75) is 25.8 Å². The number of carbonyl (C=O) groups excluding carboxylic acids is 2. The van der Waals surface area contributed by atoms with Crippen molar-refractivity contribution in [1.29, 1.82) is 0 Å². The van der Waals surface area contributed by atoms with Crippen molar-refractivity contribution >= 4 is 27.7 Å². The van der Waals surface area contributed by atoms with Crippen LogP contribution < -0.4 is 10.1 Å². The van der Waals surface area contributed by atoms with Gasteiger partial charge in [-0.15, -0.1) is 0 Å². The number of nitrogens with zero attached hydrogens (tertiary/aromatic N) is 2. The topological polar surface area (TPSA) is 71.5 Å². The Kier molecular flexibility index (Phi) is 6.85. The molecule has 164 valence electrons. The van der Waals surface area contributed by atoms with Crippen LogP contribution in [0.4, 0.5) is 0 Å². The minimum Gasteiger partial charge on any atom is -0.438 e. The summed E-state index contributed by atoms with van der Waals surface area (Å²) in [5.41, 5.74) is 2.07. The molecule has 0 radical (unpaired) electrons. The molecule has 2 aromatic carbocycles. The second-order valence-electron chi connectivity index (χ2n) is 7.77. The summed E-state index contributed by atoms with van der Waals surface area (Å²) in [6, 6.07) is 18.4. The number of hydrogen-bond donors (Lipinski definition) is 1. The van der Waals surface area contributed by atoms with E-state index in [1.807, 2.05) is 55.5 Å². The van der Waals surface area contributed by atoms with Gasteiger partial charge in [-0.25, -0.2) is 4.98 Å². The third-order valence-electron chi connectivity index (χ3n) is 5.54. The van der Waals surface area contributed by atoms with Gasteiger partial charge in [-0.3, -0.25) is 9.59 Å². The minimum absolute atomic E-state index is 0.0403. The van der Waals surface area contributed by atoms with Crippen LogP contribution in [0.25, 0.3) is 0 Å². The maximum absolute atomic E-state index is 13.2. The van der Waals surface area contributed by atoms with E-state index < -0.39 is 0 Å². The van der Waals surface area contributed by atoms with Crippen molar-refractivity contribution in [3.63, 3.8) is 0 Å². The lowest BCUT2D eigenvalue weighted by molar-refractivity contribution is 0.0695. The zero-order valence-electron chi connectivity index (χ0n) is 17.8. The number of halogens is 1. The van der Waals surface area contributed by atoms with Crippen molar-refractivity contribution in [3.8, 4) is 11.6 Å². The predicted octanol–water partition coefficient (Wildman–Crippen LogP) is 4.98. The lowest BCUT2D eigenvalue weighted by Crippen LogP contribution is -2.46. The quantitative estimate of drug-likeness (QED) is 0.543. The van der Waals surface area contributed by atoms with Crippen LogP contribution in [0.3, 0.4) is 0 Å². The summed E-state index contributed by atoms with van der Waals surface area (Å²) in [7, 11) is 0. The molecule has 32 heavy (non-hydrogen) atoms. The van der Waals surface area contributed by atoms with E-state index in [-0.39, 0.29) is 23.7 Å². The van der Waals surface area contributed by atoms with E-state index in [2.05, 4.69) is 26.2 Å². The first-order chi connectivity index (χ1) is 15.5. The minimum atomic E-state index is -0.117. The van der Waals surface area contributed by atoms with Crippen LogP contribution in [0.15, 0.2) is 71.3 Å². The number of benzene rings is 2. The largest absolute Gasteiger partial charge is 0.438 e. The number of aromatic nitrogens is 1. The van der Waals surface area contributed by atoms with E-state index in [9.17, 15) is 9.59 Å². The molecule has 0 atom stereocenters. The molecule has 1 aliphatic rings.